The number of nitrogens with two attached hydrogens (primary N) is 1. The Balaban J connectivity index is 4.56. The van der Waals surface area contributed by atoms with E-state index in [1.54, 1.807) is 0 Å². The molecule has 0 fully saturated rings. The van der Waals surface area contributed by atoms with Crippen LogP contribution in [0.1, 0.15) is 6.92 Å². The van der Waals surface area contributed by atoms with Crippen LogP contribution < -0.4 is 11.2 Å². The van der Waals surface area contributed by atoms with Gasteiger partial charge in [0.05, 0.1) is 0 Å². The van der Waals surface area contributed by atoms with E-state index in [0.29, 0.717) is 6.92 Å². The summed E-state index contributed by atoms with van der Waals surface area (Å²) >= 11 is 0. The molecule has 1 atom stereocenters. The number of carbonyl (C=O) groups is 1. The molecule has 0 aliphatic carbocycles. The second-order valence-electron chi connectivity index (χ2n) is 3.04. The summed E-state index contributed by atoms with van der Waals surface area (Å²) in [5, 5.41) is 1.10. The number of halogens is 3. The van der Waals surface area contributed by atoms with E-state index in [9.17, 15) is 18.0 Å². The van der Waals surface area contributed by atoms with Gasteiger partial charge < -0.3 is 5.73 Å². The van der Waals surface area contributed by atoms with Gasteiger partial charge in [-0.25, -0.2) is 5.01 Å². The molecule has 7 heteroatoms. The summed E-state index contributed by atoms with van der Waals surface area (Å²) < 4.78 is 36.4. The number of amides is 1. The van der Waals surface area contributed by atoms with Crippen LogP contribution >= 0.6 is 0 Å². The number of nitrogens with one attached hydrogen (secondary N) is 1. The molecule has 3 N–H and O–H groups in total. The zero-order valence-electron chi connectivity index (χ0n) is 7.57. The second kappa shape index (κ2) is 3.51. The summed E-state index contributed by atoms with van der Waals surface area (Å²) in [7, 11) is 2.79. The molecule has 0 bridgehead atoms. The summed E-state index contributed by atoms with van der Waals surface area (Å²) in [4.78, 5) is 10.9. The summed E-state index contributed by atoms with van der Waals surface area (Å²) in [5.74, 6) is -1.29. The molecule has 0 radical (unpaired) electrons. The first-order valence-corrected chi connectivity index (χ1v) is 3.43. The van der Waals surface area contributed by atoms with Crippen LogP contribution in [0.15, 0.2) is 0 Å². The van der Waals surface area contributed by atoms with E-state index in [1.165, 1.54) is 14.1 Å². The Kier molecular flexibility index (Phi) is 3.28. The topological polar surface area (TPSA) is 58.4 Å². The highest BCUT2D eigenvalue weighted by molar-refractivity contribution is 5.86. The molecule has 0 aromatic carbocycles. The van der Waals surface area contributed by atoms with Crippen molar-refractivity contribution in [3.05, 3.63) is 0 Å². The Morgan fingerprint density at radius 3 is 2.00 bits per heavy atom. The van der Waals surface area contributed by atoms with Gasteiger partial charge in [0, 0.05) is 14.1 Å². The van der Waals surface area contributed by atoms with E-state index >= 15 is 0 Å². The molecule has 0 aliphatic heterocycles. The smallest absolute Gasteiger partial charge is 0.310 e. The third kappa shape index (κ3) is 2.85. The Labute approximate surface area is 73.8 Å². The lowest BCUT2D eigenvalue weighted by molar-refractivity contribution is -0.189. The van der Waals surface area contributed by atoms with E-state index < -0.39 is 17.6 Å². The average Bonchev–Trinajstić information content (AvgIpc) is 1.82. The predicted molar refractivity (Wildman–Crippen MR) is 40.5 cm³/mol. The maximum absolute atomic E-state index is 12.1. The van der Waals surface area contributed by atoms with Crippen molar-refractivity contribution in [1.82, 2.24) is 10.4 Å². The van der Waals surface area contributed by atoms with Crippen LogP contribution in [0.4, 0.5) is 13.2 Å². The first kappa shape index (κ1) is 12.2. The van der Waals surface area contributed by atoms with E-state index in [0.717, 1.165) is 5.01 Å². The van der Waals surface area contributed by atoms with Crippen LogP contribution in [-0.2, 0) is 4.79 Å². The van der Waals surface area contributed by atoms with Crippen molar-refractivity contribution in [3.63, 3.8) is 0 Å². The fourth-order valence-corrected chi connectivity index (χ4v) is 0.448. The molecule has 0 saturated heterocycles. The molecule has 1 amide bonds. The van der Waals surface area contributed by atoms with Gasteiger partial charge in [0.1, 0.15) is 0 Å². The molecule has 13 heavy (non-hydrogen) atoms. The lowest BCUT2D eigenvalue weighted by Gasteiger charge is -2.27. The van der Waals surface area contributed by atoms with Gasteiger partial charge in [-0.2, -0.15) is 13.2 Å². The van der Waals surface area contributed by atoms with Crippen molar-refractivity contribution < 1.29 is 18.0 Å². The van der Waals surface area contributed by atoms with Gasteiger partial charge in [-0.1, -0.05) is 0 Å². The van der Waals surface area contributed by atoms with Gasteiger partial charge in [-0.05, 0) is 6.92 Å². The van der Waals surface area contributed by atoms with Gasteiger partial charge in [0.15, 0.2) is 5.54 Å². The van der Waals surface area contributed by atoms with Gasteiger partial charge in [-0.15, -0.1) is 0 Å². The monoisotopic (exact) mass is 199 g/mol. The van der Waals surface area contributed by atoms with Crippen molar-refractivity contribution >= 4 is 5.91 Å². The third-order valence-corrected chi connectivity index (χ3v) is 1.39. The van der Waals surface area contributed by atoms with Gasteiger partial charge in [0.2, 0.25) is 0 Å². The summed E-state index contributed by atoms with van der Waals surface area (Å²) in [6, 6.07) is 0. The predicted octanol–water partition coefficient (Wildman–Crippen LogP) is -0.141. The lowest BCUT2D eigenvalue weighted by Crippen LogP contribution is -2.63. The van der Waals surface area contributed by atoms with Crippen molar-refractivity contribution in [1.29, 1.82) is 0 Å². The number of nitrogens with zero attached hydrogens (tertiary/aromatic N) is 1. The average molecular weight is 199 g/mol. The Hall–Kier alpha value is -0.820. The van der Waals surface area contributed by atoms with E-state index in [2.05, 4.69) is 0 Å². The third-order valence-electron chi connectivity index (χ3n) is 1.39. The second-order valence-corrected chi connectivity index (χ2v) is 3.04. The first-order chi connectivity index (χ1) is 5.59. The normalized spacial score (nSPS) is 16.9. The quantitative estimate of drug-likeness (QED) is 0.608. The fourth-order valence-electron chi connectivity index (χ4n) is 0.448. The number of hydrogen-bond donors (Lipinski definition) is 2. The maximum Gasteiger partial charge on any atom is 0.415 e. The van der Waals surface area contributed by atoms with Crippen LogP contribution in [0.5, 0.6) is 0 Å². The minimum Gasteiger partial charge on any atom is -0.310 e. The number of alkyl halides is 3. The van der Waals surface area contributed by atoms with Gasteiger partial charge in [-0.3, -0.25) is 10.2 Å². The molecule has 0 heterocycles. The Morgan fingerprint density at radius 1 is 1.38 bits per heavy atom. The zero-order valence-corrected chi connectivity index (χ0v) is 7.57. The minimum absolute atomic E-state index is 0.617. The summed E-state index contributed by atoms with van der Waals surface area (Å²) in [6.07, 6.45) is -4.76. The Morgan fingerprint density at radius 2 is 1.77 bits per heavy atom. The van der Waals surface area contributed by atoms with E-state index in [-0.39, 0.29) is 0 Å². The zero-order chi connectivity index (χ0) is 10.9. The molecule has 4 nitrogen and oxygen atoms in total. The highest BCUT2D eigenvalue weighted by Crippen LogP contribution is 2.27. The number of hydrogen-bond acceptors (Lipinski definition) is 3. The number of carbonyl (C=O) groups excluding carboxylic acids is 1. The SMILES string of the molecule is CN(C)NC(=O)C(C)(N)C(F)(F)F. The largest absolute Gasteiger partial charge is 0.415 e. The van der Waals surface area contributed by atoms with Crippen LogP contribution in [0.25, 0.3) is 0 Å². The summed E-state index contributed by atoms with van der Waals surface area (Å²) in [6.45, 7) is 0.617. The molecule has 78 valence electrons. The van der Waals surface area contributed by atoms with Crippen LogP contribution in [0.3, 0.4) is 0 Å². The highest BCUT2D eigenvalue weighted by Gasteiger charge is 2.54. The van der Waals surface area contributed by atoms with Crippen LogP contribution in [0, 0.1) is 0 Å². The molecule has 0 rings (SSSR count). The fraction of sp³-hybridized carbons (Fsp3) is 0.833. The van der Waals surface area contributed by atoms with Crippen molar-refractivity contribution in [3.8, 4) is 0 Å². The molecule has 0 aliphatic rings. The maximum atomic E-state index is 12.1. The number of hydrazine groups is 1. The lowest BCUT2D eigenvalue weighted by atomic mass is 10.0. The summed E-state index contributed by atoms with van der Waals surface area (Å²) in [5.41, 5.74) is 3.90. The highest BCUT2D eigenvalue weighted by atomic mass is 19.4. The van der Waals surface area contributed by atoms with Crippen LogP contribution in [0.2, 0.25) is 0 Å². The van der Waals surface area contributed by atoms with Crippen molar-refractivity contribution in [2.24, 2.45) is 5.73 Å². The minimum atomic E-state index is -4.76. The van der Waals surface area contributed by atoms with Gasteiger partial charge in [0.25, 0.3) is 5.91 Å². The first-order valence-electron chi connectivity index (χ1n) is 3.43. The number of rotatable bonds is 2. The molecule has 0 aromatic heterocycles. The van der Waals surface area contributed by atoms with Crippen LogP contribution in [-0.4, -0.2) is 36.7 Å². The van der Waals surface area contributed by atoms with Gasteiger partial charge >= 0.3 is 6.18 Å². The molecule has 0 saturated carbocycles. The van der Waals surface area contributed by atoms with E-state index in [1.807, 2.05) is 5.43 Å². The molecule has 0 aromatic rings. The Bertz CT molecular complexity index is 200. The van der Waals surface area contributed by atoms with E-state index in [4.69, 9.17) is 5.73 Å². The standard InChI is InChI=1S/C6H12F3N3O/c1-5(10,6(7,8)9)4(13)11-12(2)3/h10H2,1-3H3,(H,11,13). The van der Waals surface area contributed by atoms with Crippen molar-refractivity contribution in [2.45, 2.75) is 18.6 Å². The van der Waals surface area contributed by atoms with Crippen molar-refractivity contribution in [2.75, 3.05) is 14.1 Å². The molecule has 0 spiro atoms. The molecular weight excluding hydrogens is 187 g/mol. The molecular formula is C6H12F3N3O. The molecule has 1 unspecified atom stereocenters.